The number of aryl methyl sites for hydroxylation is 1. The number of rotatable bonds is 4. The third-order valence-electron chi connectivity index (χ3n) is 3.07. The topological polar surface area (TPSA) is 35.2 Å². The van der Waals surface area contributed by atoms with Gasteiger partial charge in [-0.2, -0.15) is 0 Å². The molecule has 0 bridgehead atoms. The molecule has 0 amide bonds. The first kappa shape index (κ1) is 15.0. The van der Waals surface area contributed by atoms with Crippen molar-refractivity contribution in [2.75, 3.05) is 0 Å². The van der Waals surface area contributed by atoms with E-state index < -0.39 is 0 Å². The Balaban J connectivity index is 2.21. The van der Waals surface area contributed by atoms with Crippen molar-refractivity contribution in [3.8, 4) is 5.75 Å². The van der Waals surface area contributed by atoms with E-state index in [9.17, 15) is 4.39 Å². The van der Waals surface area contributed by atoms with E-state index in [0.29, 0.717) is 11.1 Å². The summed E-state index contributed by atoms with van der Waals surface area (Å²) in [6.45, 7) is 4.22. The van der Waals surface area contributed by atoms with Gasteiger partial charge in [-0.3, -0.25) is 0 Å². The highest BCUT2D eigenvalue weighted by atomic mass is 79.9. The molecule has 0 aliphatic heterocycles. The zero-order valence-corrected chi connectivity index (χ0v) is 13.1. The summed E-state index contributed by atoms with van der Waals surface area (Å²) < 4.78 is 19.7. The lowest BCUT2D eigenvalue weighted by atomic mass is 10.1. The highest BCUT2D eigenvalue weighted by Crippen LogP contribution is 2.27. The van der Waals surface area contributed by atoms with E-state index in [0.717, 1.165) is 22.4 Å². The lowest BCUT2D eigenvalue weighted by Crippen LogP contribution is -2.08. The fourth-order valence-electron chi connectivity index (χ4n) is 1.97. The first-order valence-electron chi connectivity index (χ1n) is 6.41. The largest absolute Gasteiger partial charge is 0.489 e. The molecule has 2 N–H and O–H groups in total. The molecular formula is C16H17BrFNO. The third-order valence-corrected chi connectivity index (χ3v) is 3.96. The van der Waals surface area contributed by atoms with Crippen molar-refractivity contribution < 1.29 is 9.13 Å². The maximum atomic E-state index is 13.4. The Morgan fingerprint density at radius 3 is 2.75 bits per heavy atom. The van der Waals surface area contributed by atoms with Gasteiger partial charge in [-0.15, -0.1) is 0 Å². The first-order chi connectivity index (χ1) is 9.49. The average Bonchev–Trinajstić information content (AvgIpc) is 2.41. The van der Waals surface area contributed by atoms with E-state index in [4.69, 9.17) is 10.5 Å². The molecule has 20 heavy (non-hydrogen) atoms. The van der Waals surface area contributed by atoms with Gasteiger partial charge in [0, 0.05) is 17.2 Å². The van der Waals surface area contributed by atoms with Gasteiger partial charge >= 0.3 is 0 Å². The maximum Gasteiger partial charge on any atom is 0.137 e. The summed E-state index contributed by atoms with van der Waals surface area (Å²) in [5.74, 6) is 0.448. The molecule has 4 heteroatoms. The number of benzene rings is 2. The van der Waals surface area contributed by atoms with Gasteiger partial charge in [0.25, 0.3) is 0 Å². The predicted molar refractivity (Wildman–Crippen MR) is 82.2 cm³/mol. The second-order valence-corrected chi connectivity index (χ2v) is 5.62. The van der Waals surface area contributed by atoms with Crippen LogP contribution in [0, 0.1) is 12.7 Å². The Morgan fingerprint density at radius 1 is 1.30 bits per heavy atom. The second kappa shape index (κ2) is 6.37. The van der Waals surface area contributed by atoms with E-state index in [2.05, 4.69) is 15.9 Å². The molecular weight excluding hydrogens is 321 g/mol. The average molecular weight is 338 g/mol. The minimum atomic E-state index is -0.289. The number of halogens is 2. The van der Waals surface area contributed by atoms with Crippen LogP contribution in [0.2, 0.25) is 0 Å². The fourth-order valence-corrected chi connectivity index (χ4v) is 2.35. The highest BCUT2D eigenvalue weighted by molar-refractivity contribution is 9.10. The second-order valence-electron chi connectivity index (χ2n) is 4.83. The van der Waals surface area contributed by atoms with Crippen LogP contribution in [0.4, 0.5) is 4.39 Å². The molecule has 0 aromatic heterocycles. The number of nitrogens with two attached hydrogens (primary N) is 1. The Morgan fingerprint density at radius 2 is 2.05 bits per heavy atom. The smallest absolute Gasteiger partial charge is 0.137 e. The Hall–Kier alpha value is -1.39. The van der Waals surface area contributed by atoms with Crippen LogP contribution in [0.1, 0.15) is 29.7 Å². The maximum absolute atomic E-state index is 13.4. The predicted octanol–water partition coefficient (Wildman–Crippen LogP) is 4.50. The molecule has 0 unspecified atom stereocenters. The molecule has 2 aromatic rings. The number of hydrogen-bond donors (Lipinski definition) is 1. The normalized spacial score (nSPS) is 12.2. The van der Waals surface area contributed by atoms with Crippen molar-refractivity contribution in [2.45, 2.75) is 26.5 Å². The molecule has 2 nitrogen and oxygen atoms in total. The van der Waals surface area contributed by atoms with Gasteiger partial charge in [0.15, 0.2) is 0 Å². The molecule has 0 radical (unpaired) electrons. The van der Waals surface area contributed by atoms with Crippen LogP contribution in [0.15, 0.2) is 40.9 Å². The highest BCUT2D eigenvalue weighted by Gasteiger charge is 2.10. The summed E-state index contributed by atoms with van der Waals surface area (Å²) >= 11 is 3.23. The van der Waals surface area contributed by atoms with Crippen molar-refractivity contribution in [2.24, 2.45) is 5.73 Å². The van der Waals surface area contributed by atoms with E-state index in [-0.39, 0.29) is 11.9 Å². The van der Waals surface area contributed by atoms with Gasteiger partial charge in [-0.25, -0.2) is 4.39 Å². The van der Waals surface area contributed by atoms with Gasteiger partial charge in [0.05, 0.1) is 4.47 Å². The summed E-state index contributed by atoms with van der Waals surface area (Å²) in [7, 11) is 0. The molecule has 0 aliphatic rings. The van der Waals surface area contributed by atoms with Gasteiger partial charge in [-0.1, -0.05) is 29.8 Å². The minimum Gasteiger partial charge on any atom is -0.489 e. The van der Waals surface area contributed by atoms with E-state index in [1.165, 1.54) is 6.07 Å². The zero-order valence-electron chi connectivity index (χ0n) is 11.5. The van der Waals surface area contributed by atoms with Crippen LogP contribution in [-0.2, 0) is 6.61 Å². The molecule has 0 saturated carbocycles. The molecule has 0 saturated heterocycles. The third kappa shape index (κ3) is 3.38. The quantitative estimate of drug-likeness (QED) is 0.891. The van der Waals surface area contributed by atoms with Crippen LogP contribution in [0.25, 0.3) is 0 Å². The van der Waals surface area contributed by atoms with Gasteiger partial charge in [-0.05, 0) is 41.9 Å². The Labute approximate surface area is 126 Å². The van der Waals surface area contributed by atoms with Crippen LogP contribution < -0.4 is 10.5 Å². The standard InChI is InChI=1S/C16H17BrFNO/c1-10-6-7-15(13(8-10)11(2)19)20-9-12-4-3-5-14(18)16(12)17/h3-8,11H,9,19H2,1-2H3/t11-/m0/s1. The van der Waals surface area contributed by atoms with Crippen molar-refractivity contribution in [1.29, 1.82) is 0 Å². The lowest BCUT2D eigenvalue weighted by molar-refractivity contribution is 0.300. The van der Waals surface area contributed by atoms with Crippen LogP contribution >= 0.6 is 15.9 Å². The van der Waals surface area contributed by atoms with Gasteiger partial charge < -0.3 is 10.5 Å². The molecule has 2 aromatic carbocycles. The van der Waals surface area contributed by atoms with Gasteiger partial charge in [0.2, 0.25) is 0 Å². The van der Waals surface area contributed by atoms with Crippen molar-refractivity contribution in [1.82, 2.24) is 0 Å². The van der Waals surface area contributed by atoms with Crippen molar-refractivity contribution in [3.05, 3.63) is 63.4 Å². The van der Waals surface area contributed by atoms with Crippen LogP contribution in [-0.4, -0.2) is 0 Å². The van der Waals surface area contributed by atoms with Crippen molar-refractivity contribution in [3.63, 3.8) is 0 Å². The molecule has 0 spiro atoms. The zero-order chi connectivity index (χ0) is 14.7. The molecule has 106 valence electrons. The van der Waals surface area contributed by atoms with Crippen LogP contribution in [0.5, 0.6) is 5.75 Å². The van der Waals surface area contributed by atoms with E-state index in [1.807, 2.05) is 38.1 Å². The number of hydrogen-bond acceptors (Lipinski definition) is 2. The molecule has 0 fully saturated rings. The van der Waals surface area contributed by atoms with Crippen LogP contribution in [0.3, 0.4) is 0 Å². The monoisotopic (exact) mass is 337 g/mol. The van der Waals surface area contributed by atoms with Gasteiger partial charge in [0.1, 0.15) is 18.2 Å². The van der Waals surface area contributed by atoms with E-state index >= 15 is 0 Å². The summed E-state index contributed by atoms with van der Waals surface area (Å²) in [6, 6.07) is 10.7. The summed E-state index contributed by atoms with van der Waals surface area (Å²) in [5, 5.41) is 0. The summed E-state index contributed by atoms with van der Waals surface area (Å²) in [4.78, 5) is 0. The summed E-state index contributed by atoms with van der Waals surface area (Å²) in [6.07, 6.45) is 0. The lowest BCUT2D eigenvalue weighted by Gasteiger charge is -2.15. The Bertz CT molecular complexity index is 613. The van der Waals surface area contributed by atoms with Crippen molar-refractivity contribution >= 4 is 15.9 Å². The van der Waals surface area contributed by atoms with E-state index in [1.54, 1.807) is 6.07 Å². The first-order valence-corrected chi connectivity index (χ1v) is 7.20. The minimum absolute atomic E-state index is 0.110. The molecule has 2 rings (SSSR count). The molecule has 0 heterocycles. The summed E-state index contributed by atoms with van der Waals surface area (Å²) in [5.41, 5.74) is 8.81. The SMILES string of the molecule is Cc1ccc(OCc2cccc(F)c2Br)c([C@H](C)N)c1. The molecule has 1 atom stereocenters. The number of ether oxygens (including phenoxy) is 1. The molecule has 0 aliphatic carbocycles. The fraction of sp³-hybridized carbons (Fsp3) is 0.250. The Kier molecular flexibility index (Phi) is 4.78.